The normalized spacial score (nSPS) is 20.3. The highest BCUT2D eigenvalue weighted by molar-refractivity contribution is 6.30. The average Bonchev–Trinajstić information content (AvgIpc) is 2.85. The molecule has 4 rings (SSSR count). The van der Waals surface area contributed by atoms with Gasteiger partial charge in [0.05, 0.1) is 25.2 Å². The summed E-state index contributed by atoms with van der Waals surface area (Å²) in [5.41, 5.74) is 2.90. The van der Waals surface area contributed by atoms with E-state index >= 15 is 0 Å². The molecule has 2 amide bonds. The molecule has 176 valence electrons. The second kappa shape index (κ2) is 11.1. The van der Waals surface area contributed by atoms with E-state index in [1.165, 1.54) is 5.56 Å². The van der Waals surface area contributed by atoms with Crippen molar-refractivity contribution in [2.45, 2.75) is 25.8 Å². The number of hydrogen-bond acceptors (Lipinski definition) is 4. The highest BCUT2D eigenvalue weighted by Gasteiger charge is 2.31. The molecule has 2 saturated heterocycles. The molecule has 0 radical (unpaired) electrons. The van der Waals surface area contributed by atoms with Crippen molar-refractivity contribution in [2.24, 2.45) is 5.92 Å². The molecule has 0 bridgehead atoms. The molecule has 2 fully saturated rings. The number of amides is 2. The van der Waals surface area contributed by atoms with Crippen LogP contribution in [0.3, 0.4) is 0 Å². The van der Waals surface area contributed by atoms with E-state index in [0.717, 1.165) is 51.3 Å². The van der Waals surface area contributed by atoms with Crippen molar-refractivity contribution in [3.05, 3.63) is 70.2 Å². The van der Waals surface area contributed by atoms with Gasteiger partial charge in [0.15, 0.2) is 0 Å². The summed E-state index contributed by atoms with van der Waals surface area (Å²) in [5.74, 6) is -0.248. The number of carbonyl (C=O) groups is 2. The molecule has 6 nitrogen and oxygen atoms in total. The molecule has 0 spiro atoms. The minimum absolute atomic E-state index is 0.0161. The van der Waals surface area contributed by atoms with Crippen molar-refractivity contribution in [2.75, 3.05) is 45.9 Å². The van der Waals surface area contributed by atoms with E-state index in [1.54, 1.807) is 29.2 Å². The van der Waals surface area contributed by atoms with Crippen molar-refractivity contribution >= 4 is 23.4 Å². The Labute approximate surface area is 200 Å². The van der Waals surface area contributed by atoms with Gasteiger partial charge in [-0.25, -0.2) is 0 Å². The van der Waals surface area contributed by atoms with Crippen LogP contribution in [0.25, 0.3) is 0 Å². The predicted molar refractivity (Wildman–Crippen MR) is 129 cm³/mol. The molecule has 0 aromatic heterocycles. The van der Waals surface area contributed by atoms with Gasteiger partial charge in [0.1, 0.15) is 0 Å². The van der Waals surface area contributed by atoms with Gasteiger partial charge in [-0.2, -0.15) is 0 Å². The van der Waals surface area contributed by atoms with Crippen LogP contribution in [-0.2, 0) is 9.53 Å². The molecule has 0 unspecified atom stereocenters. The first-order valence-electron chi connectivity index (χ1n) is 11.7. The Bertz CT molecular complexity index is 942. The van der Waals surface area contributed by atoms with E-state index in [9.17, 15) is 9.59 Å². The summed E-state index contributed by atoms with van der Waals surface area (Å²) in [5, 5.41) is 3.90. The fourth-order valence-electron chi connectivity index (χ4n) is 4.52. The van der Waals surface area contributed by atoms with Gasteiger partial charge in [0.2, 0.25) is 5.91 Å². The Balaban J connectivity index is 1.43. The fourth-order valence-corrected chi connectivity index (χ4v) is 4.64. The minimum atomic E-state index is -0.215. The van der Waals surface area contributed by atoms with Crippen molar-refractivity contribution in [1.29, 1.82) is 0 Å². The van der Waals surface area contributed by atoms with Crippen molar-refractivity contribution in [3.63, 3.8) is 0 Å². The van der Waals surface area contributed by atoms with E-state index in [1.807, 2.05) is 0 Å². The van der Waals surface area contributed by atoms with Gasteiger partial charge in [-0.05, 0) is 49.6 Å². The first kappa shape index (κ1) is 23.7. The third-order valence-corrected chi connectivity index (χ3v) is 6.76. The lowest BCUT2D eigenvalue weighted by atomic mass is 9.95. The number of hydrogen-bond donors (Lipinski definition) is 1. The van der Waals surface area contributed by atoms with Crippen LogP contribution in [0.4, 0.5) is 0 Å². The number of benzene rings is 2. The lowest BCUT2D eigenvalue weighted by Gasteiger charge is -2.35. The smallest absolute Gasteiger partial charge is 0.253 e. The summed E-state index contributed by atoms with van der Waals surface area (Å²) in [7, 11) is 0. The maximum atomic E-state index is 13.3. The molecular formula is C26H32ClN3O3. The Hall–Kier alpha value is -2.41. The molecule has 2 atom stereocenters. The van der Waals surface area contributed by atoms with E-state index in [-0.39, 0.29) is 23.8 Å². The Kier molecular flexibility index (Phi) is 8.02. The number of halogens is 1. The Morgan fingerprint density at radius 3 is 2.45 bits per heavy atom. The number of carbonyl (C=O) groups excluding carboxylic acids is 2. The van der Waals surface area contributed by atoms with Gasteiger partial charge in [-0.1, -0.05) is 41.4 Å². The second-order valence-electron chi connectivity index (χ2n) is 8.98. The summed E-state index contributed by atoms with van der Waals surface area (Å²) < 4.78 is 5.48. The Morgan fingerprint density at radius 1 is 1.06 bits per heavy atom. The third-order valence-electron chi connectivity index (χ3n) is 6.51. The van der Waals surface area contributed by atoms with Gasteiger partial charge in [0.25, 0.3) is 5.91 Å². The van der Waals surface area contributed by atoms with Crippen LogP contribution in [0, 0.1) is 12.8 Å². The highest BCUT2D eigenvalue weighted by Crippen LogP contribution is 2.22. The number of nitrogens with one attached hydrogen (secondary N) is 1. The number of morpholine rings is 1. The molecule has 2 aromatic carbocycles. The number of likely N-dealkylation sites (tertiary alicyclic amines) is 1. The monoisotopic (exact) mass is 469 g/mol. The van der Waals surface area contributed by atoms with Crippen LogP contribution in [0.2, 0.25) is 5.02 Å². The van der Waals surface area contributed by atoms with Crippen LogP contribution in [0.1, 0.15) is 40.4 Å². The van der Waals surface area contributed by atoms with Crippen LogP contribution in [0.15, 0.2) is 48.5 Å². The van der Waals surface area contributed by atoms with E-state index in [4.69, 9.17) is 16.3 Å². The maximum Gasteiger partial charge on any atom is 0.253 e. The van der Waals surface area contributed by atoms with Crippen molar-refractivity contribution < 1.29 is 14.3 Å². The summed E-state index contributed by atoms with van der Waals surface area (Å²) in [6.45, 7) is 7.09. The molecule has 2 heterocycles. The second-order valence-corrected chi connectivity index (χ2v) is 9.42. The van der Waals surface area contributed by atoms with Gasteiger partial charge in [-0.15, -0.1) is 0 Å². The topological polar surface area (TPSA) is 61.9 Å². The molecule has 33 heavy (non-hydrogen) atoms. The van der Waals surface area contributed by atoms with Gasteiger partial charge in [-0.3, -0.25) is 14.5 Å². The molecular weight excluding hydrogens is 438 g/mol. The fraction of sp³-hybridized carbons (Fsp3) is 0.462. The molecule has 1 N–H and O–H groups in total. The van der Waals surface area contributed by atoms with Gasteiger partial charge in [0, 0.05) is 43.3 Å². The molecule has 7 heteroatoms. The van der Waals surface area contributed by atoms with Crippen molar-refractivity contribution in [1.82, 2.24) is 15.1 Å². The molecule has 2 aliphatic rings. The van der Waals surface area contributed by atoms with Crippen LogP contribution >= 0.6 is 11.6 Å². The zero-order chi connectivity index (χ0) is 23.2. The quantitative estimate of drug-likeness (QED) is 0.700. The van der Waals surface area contributed by atoms with E-state index < -0.39 is 0 Å². The van der Waals surface area contributed by atoms with E-state index in [2.05, 4.69) is 41.4 Å². The zero-order valence-electron chi connectivity index (χ0n) is 19.1. The number of rotatable bonds is 6. The van der Waals surface area contributed by atoms with Crippen LogP contribution < -0.4 is 5.32 Å². The van der Waals surface area contributed by atoms with Crippen LogP contribution in [0.5, 0.6) is 0 Å². The predicted octanol–water partition coefficient (Wildman–Crippen LogP) is 3.69. The SMILES string of the molecule is Cc1ccc([C@H](CN2CCOCC2)NC(=O)[C@H]2CCCN(C(=O)c3ccc(Cl)cc3)C2)cc1. The summed E-state index contributed by atoms with van der Waals surface area (Å²) in [4.78, 5) is 30.4. The summed E-state index contributed by atoms with van der Waals surface area (Å²) >= 11 is 5.96. The Morgan fingerprint density at radius 2 is 1.76 bits per heavy atom. The first-order chi connectivity index (χ1) is 16.0. The molecule has 0 aliphatic carbocycles. The van der Waals surface area contributed by atoms with E-state index in [0.29, 0.717) is 23.7 Å². The molecule has 2 aromatic rings. The van der Waals surface area contributed by atoms with Crippen LogP contribution in [-0.4, -0.2) is 67.6 Å². The summed E-state index contributed by atoms with van der Waals surface area (Å²) in [6.07, 6.45) is 1.60. The number of nitrogens with zero attached hydrogens (tertiary/aromatic N) is 2. The summed E-state index contributed by atoms with van der Waals surface area (Å²) in [6, 6.07) is 15.2. The molecule has 0 saturated carbocycles. The maximum absolute atomic E-state index is 13.3. The number of piperidine rings is 1. The zero-order valence-corrected chi connectivity index (χ0v) is 19.9. The number of ether oxygens (including phenoxy) is 1. The largest absolute Gasteiger partial charge is 0.379 e. The number of aryl methyl sites for hydroxylation is 1. The lowest BCUT2D eigenvalue weighted by Crippen LogP contribution is -2.48. The minimum Gasteiger partial charge on any atom is -0.379 e. The standard InChI is InChI=1S/C26H32ClN3O3/c1-19-4-6-20(7-5-19)24(18-29-13-15-33-16-14-29)28-25(31)22-3-2-12-30(17-22)26(32)21-8-10-23(27)11-9-21/h4-11,22,24H,2-3,12-18H2,1H3,(H,28,31)/t22-,24-/m0/s1. The molecule has 2 aliphatic heterocycles. The van der Waals surface area contributed by atoms with Gasteiger partial charge >= 0.3 is 0 Å². The highest BCUT2D eigenvalue weighted by atomic mass is 35.5. The van der Waals surface area contributed by atoms with Crippen molar-refractivity contribution in [3.8, 4) is 0 Å². The third kappa shape index (κ3) is 6.34. The lowest BCUT2D eigenvalue weighted by molar-refractivity contribution is -0.127. The van der Waals surface area contributed by atoms with Gasteiger partial charge < -0.3 is 15.0 Å². The first-order valence-corrected chi connectivity index (χ1v) is 12.1. The average molecular weight is 470 g/mol.